The summed E-state index contributed by atoms with van der Waals surface area (Å²) in [5.41, 5.74) is 4.81. The standard InChI is InChI=1S/C23H27N7O/c1-16-5-3-7-19(21(16)30-25-10-11-26-30)22(31)29-14-13-28(12-9-17(29)2)23-24-15-18-6-4-8-20(18)27-23/h3,5,7,10-11,15,17H,4,6,8-9,12-14H2,1-2H3/t17-/m1/s1. The lowest BCUT2D eigenvalue weighted by Crippen LogP contribution is -2.40. The smallest absolute Gasteiger partial charge is 0.256 e. The third kappa shape index (κ3) is 3.66. The van der Waals surface area contributed by atoms with Crippen LogP contribution in [0.5, 0.6) is 0 Å². The molecule has 8 heteroatoms. The molecule has 0 bridgehead atoms. The van der Waals surface area contributed by atoms with Crippen molar-refractivity contribution in [2.24, 2.45) is 0 Å². The molecule has 1 atom stereocenters. The van der Waals surface area contributed by atoms with Crippen LogP contribution in [0, 0.1) is 6.92 Å². The molecular weight excluding hydrogens is 390 g/mol. The monoisotopic (exact) mass is 417 g/mol. The molecular formula is C23H27N7O. The van der Waals surface area contributed by atoms with Gasteiger partial charge in [-0.05, 0) is 56.7 Å². The predicted octanol–water partition coefficient (Wildman–Crippen LogP) is 2.60. The van der Waals surface area contributed by atoms with Gasteiger partial charge in [0.05, 0.1) is 18.0 Å². The van der Waals surface area contributed by atoms with Gasteiger partial charge in [0.2, 0.25) is 5.95 Å². The highest BCUT2D eigenvalue weighted by Gasteiger charge is 2.29. The Hall–Kier alpha value is -3.29. The Labute approximate surface area is 181 Å². The highest BCUT2D eigenvalue weighted by atomic mass is 16.2. The summed E-state index contributed by atoms with van der Waals surface area (Å²) in [6.07, 6.45) is 9.39. The summed E-state index contributed by atoms with van der Waals surface area (Å²) >= 11 is 0. The molecule has 0 saturated carbocycles. The fourth-order valence-corrected chi connectivity index (χ4v) is 4.60. The molecule has 1 aliphatic carbocycles. The van der Waals surface area contributed by atoms with Crippen molar-refractivity contribution in [3.05, 3.63) is 59.2 Å². The number of hydrogen-bond donors (Lipinski definition) is 0. The number of carbonyl (C=O) groups is 1. The third-order valence-corrected chi connectivity index (χ3v) is 6.39. The largest absolute Gasteiger partial charge is 0.339 e. The lowest BCUT2D eigenvalue weighted by molar-refractivity contribution is 0.0704. The number of carbonyl (C=O) groups excluding carboxylic acids is 1. The fourth-order valence-electron chi connectivity index (χ4n) is 4.60. The Morgan fingerprint density at radius 3 is 2.77 bits per heavy atom. The van der Waals surface area contributed by atoms with Crippen LogP contribution in [0.2, 0.25) is 0 Å². The Morgan fingerprint density at radius 2 is 1.94 bits per heavy atom. The van der Waals surface area contributed by atoms with Gasteiger partial charge < -0.3 is 9.80 Å². The maximum absolute atomic E-state index is 13.6. The van der Waals surface area contributed by atoms with Crippen LogP contribution < -0.4 is 4.90 Å². The molecule has 1 saturated heterocycles. The first-order valence-electron chi connectivity index (χ1n) is 11.0. The van der Waals surface area contributed by atoms with E-state index in [0.717, 1.165) is 56.0 Å². The zero-order valence-corrected chi connectivity index (χ0v) is 18.0. The van der Waals surface area contributed by atoms with Gasteiger partial charge in [-0.15, -0.1) is 0 Å². The first-order chi connectivity index (χ1) is 15.1. The second kappa shape index (κ2) is 8.09. The van der Waals surface area contributed by atoms with Crippen LogP contribution in [0.4, 0.5) is 5.95 Å². The van der Waals surface area contributed by atoms with Crippen LogP contribution in [-0.4, -0.2) is 61.4 Å². The number of aromatic nitrogens is 5. The molecule has 31 heavy (non-hydrogen) atoms. The molecule has 1 aromatic carbocycles. The quantitative estimate of drug-likeness (QED) is 0.652. The van der Waals surface area contributed by atoms with E-state index in [1.165, 1.54) is 16.1 Å². The van der Waals surface area contributed by atoms with Crippen LogP contribution in [0.15, 0.2) is 36.8 Å². The molecule has 0 N–H and O–H groups in total. The van der Waals surface area contributed by atoms with Crippen molar-refractivity contribution in [1.29, 1.82) is 0 Å². The average molecular weight is 418 g/mol. The molecule has 2 aliphatic rings. The number of nitrogens with zero attached hydrogens (tertiary/aromatic N) is 7. The van der Waals surface area contributed by atoms with E-state index < -0.39 is 0 Å². The molecule has 0 spiro atoms. The van der Waals surface area contributed by atoms with Crippen molar-refractivity contribution in [1.82, 2.24) is 29.9 Å². The molecule has 1 aliphatic heterocycles. The minimum Gasteiger partial charge on any atom is -0.339 e. The average Bonchev–Trinajstić information content (AvgIpc) is 3.43. The number of hydrogen-bond acceptors (Lipinski definition) is 6. The molecule has 1 fully saturated rings. The molecule has 5 rings (SSSR count). The number of anilines is 1. The van der Waals surface area contributed by atoms with E-state index in [1.54, 1.807) is 12.4 Å². The number of benzene rings is 1. The number of para-hydroxylation sites is 1. The van der Waals surface area contributed by atoms with Crippen LogP contribution in [0.3, 0.4) is 0 Å². The van der Waals surface area contributed by atoms with E-state index in [0.29, 0.717) is 12.1 Å². The summed E-state index contributed by atoms with van der Waals surface area (Å²) in [6.45, 7) is 6.28. The molecule has 3 aromatic rings. The first-order valence-corrected chi connectivity index (χ1v) is 11.0. The lowest BCUT2D eigenvalue weighted by Gasteiger charge is -2.27. The van der Waals surface area contributed by atoms with Crippen molar-refractivity contribution in [2.45, 2.75) is 45.6 Å². The summed E-state index contributed by atoms with van der Waals surface area (Å²) in [5, 5.41) is 8.53. The van der Waals surface area contributed by atoms with Crippen LogP contribution in [-0.2, 0) is 12.8 Å². The zero-order valence-electron chi connectivity index (χ0n) is 18.0. The first kappa shape index (κ1) is 19.7. The Bertz CT molecular complexity index is 1100. The molecule has 1 amide bonds. The Morgan fingerprint density at radius 1 is 1.10 bits per heavy atom. The van der Waals surface area contributed by atoms with E-state index in [1.807, 2.05) is 36.2 Å². The van der Waals surface area contributed by atoms with Gasteiger partial charge in [-0.25, -0.2) is 9.97 Å². The number of aryl methyl sites for hydroxylation is 3. The summed E-state index contributed by atoms with van der Waals surface area (Å²) < 4.78 is 0. The zero-order chi connectivity index (χ0) is 21.4. The maximum Gasteiger partial charge on any atom is 0.256 e. The van der Waals surface area contributed by atoms with Crippen molar-refractivity contribution < 1.29 is 4.79 Å². The van der Waals surface area contributed by atoms with Gasteiger partial charge in [-0.1, -0.05) is 12.1 Å². The summed E-state index contributed by atoms with van der Waals surface area (Å²) in [6, 6.07) is 5.88. The topological polar surface area (TPSA) is 80.0 Å². The van der Waals surface area contributed by atoms with E-state index in [9.17, 15) is 4.79 Å². The lowest BCUT2D eigenvalue weighted by atomic mass is 10.1. The molecule has 0 radical (unpaired) electrons. The summed E-state index contributed by atoms with van der Waals surface area (Å²) in [5.74, 6) is 0.805. The second-order valence-electron chi connectivity index (χ2n) is 8.41. The number of fused-ring (bicyclic) bond motifs is 1. The molecule has 8 nitrogen and oxygen atoms in total. The molecule has 3 heterocycles. The van der Waals surface area contributed by atoms with Gasteiger partial charge in [0.15, 0.2) is 0 Å². The minimum atomic E-state index is 0.0141. The SMILES string of the molecule is Cc1cccc(C(=O)N2CCN(c3ncc4c(n3)CCC4)CC[C@H]2C)c1-n1nccn1. The van der Waals surface area contributed by atoms with Crippen molar-refractivity contribution in [3.8, 4) is 5.69 Å². The maximum atomic E-state index is 13.6. The Balaban J connectivity index is 1.39. The van der Waals surface area contributed by atoms with Gasteiger partial charge in [-0.2, -0.15) is 15.0 Å². The Kier molecular flexibility index (Phi) is 5.13. The highest BCUT2D eigenvalue weighted by molar-refractivity contribution is 5.98. The van der Waals surface area contributed by atoms with Crippen molar-refractivity contribution in [2.75, 3.05) is 24.5 Å². The van der Waals surface area contributed by atoms with E-state index in [4.69, 9.17) is 4.98 Å². The highest BCUT2D eigenvalue weighted by Crippen LogP contribution is 2.25. The van der Waals surface area contributed by atoms with E-state index in [2.05, 4.69) is 27.0 Å². The molecule has 160 valence electrons. The van der Waals surface area contributed by atoms with Crippen LogP contribution in [0.1, 0.15) is 46.9 Å². The number of rotatable bonds is 3. The van der Waals surface area contributed by atoms with Gasteiger partial charge in [0, 0.05) is 37.6 Å². The molecule has 2 aromatic heterocycles. The second-order valence-corrected chi connectivity index (χ2v) is 8.41. The third-order valence-electron chi connectivity index (χ3n) is 6.39. The van der Waals surface area contributed by atoms with E-state index in [-0.39, 0.29) is 11.9 Å². The summed E-state index contributed by atoms with van der Waals surface area (Å²) in [4.78, 5) is 28.8. The number of amides is 1. The minimum absolute atomic E-state index is 0.0141. The normalized spacial score (nSPS) is 18.7. The molecule has 0 unspecified atom stereocenters. The van der Waals surface area contributed by atoms with E-state index >= 15 is 0 Å². The van der Waals surface area contributed by atoms with Crippen LogP contribution in [0.25, 0.3) is 5.69 Å². The van der Waals surface area contributed by atoms with Gasteiger partial charge >= 0.3 is 0 Å². The van der Waals surface area contributed by atoms with Crippen molar-refractivity contribution >= 4 is 11.9 Å². The van der Waals surface area contributed by atoms with Crippen molar-refractivity contribution in [3.63, 3.8) is 0 Å². The van der Waals surface area contributed by atoms with Gasteiger partial charge in [-0.3, -0.25) is 4.79 Å². The summed E-state index contributed by atoms with van der Waals surface area (Å²) in [7, 11) is 0. The van der Waals surface area contributed by atoms with Gasteiger partial charge in [0.1, 0.15) is 5.69 Å². The fraction of sp³-hybridized carbons (Fsp3) is 0.435. The van der Waals surface area contributed by atoms with Gasteiger partial charge in [0.25, 0.3) is 5.91 Å². The predicted molar refractivity (Wildman–Crippen MR) is 117 cm³/mol. The van der Waals surface area contributed by atoms with Crippen LogP contribution >= 0.6 is 0 Å².